The van der Waals surface area contributed by atoms with E-state index in [9.17, 15) is 15.0 Å². The first-order valence-corrected chi connectivity index (χ1v) is 7.52. The van der Waals surface area contributed by atoms with E-state index in [1.807, 2.05) is 24.3 Å². The fourth-order valence-corrected chi connectivity index (χ4v) is 3.53. The SMILES string of the molecule is O=C(O)c1sc2ccccc2c1CNCC1(CO)CC1. The van der Waals surface area contributed by atoms with Crippen LogP contribution in [0.15, 0.2) is 24.3 Å². The number of hydrogen-bond donors (Lipinski definition) is 3. The topological polar surface area (TPSA) is 69.6 Å². The fraction of sp³-hybridized carbons (Fsp3) is 0.400. The molecule has 0 bridgehead atoms. The zero-order chi connectivity index (χ0) is 14.2. The van der Waals surface area contributed by atoms with Gasteiger partial charge in [-0.2, -0.15) is 0 Å². The van der Waals surface area contributed by atoms with Gasteiger partial charge in [0, 0.05) is 29.8 Å². The Labute approximate surface area is 121 Å². The second-order valence-corrected chi connectivity index (χ2v) is 6.52. The summed E-state index contributed by atoms with van der Waals surface area (Å²) in [5.41, 5.74) is 0.890. The van der Waals surface area contributed by atoms with Gasteiger partial charge >= 0.3 is 5.97 Å². The number of carboxylic acid groups (broad SMARTS) is 1. The maximum Gasteiger partial charge on any atom is 0.346 e. The average Bonchev–Trinajstić information content (AvgIpc) is 3.13. The van der Waals surface area contributed by atoms with Crippen LogP contribution in [0.5, 0.6) is 0 Å². The summed E-state index contributed by atoms with van der Waals surface area (Å²) in [7, 11) is 0. The first-order valence-electron chi connectivity index (χ1n) is 6.70. The molecule has 1 aliphatic rings. The number of aliphatic hydroxyl groups excluding tert-OH is 1. The highest BCUT2D eigenvalue weighted by atomic mass is 32.1. The molecule has 0 atom stereocenters. The number of fused-ring (bicyclic) bond motifs is 1. The maximum atomic E-state index is 11.4. The third kappa shape index (κ3) is 2.44. The Bertz CT molecular complexity index is 646. The van der Waals surface area contributed by atoms with E-state index in [1.165, 1.54) is 11.3 Å². The van der Waals surface area contributed by atoms with Gasteiger partial charge in [-0.1, -0.05) is 18.2 Å². The van der Waals surface area contributed by atoms with Gasteiger partial charge < -0.3 is 15.5 Å². The van der Waals surface area contributed by atoms with Crippen molar-refractivity contribution in [1.29, 1.82) is 0 Å². The molecular formula is C15H17NO3S. The Morgan fingerprint density at radius 1 is 1.35 bits per heavy atom. The number of nitrogens with one attached hydrogen (secondary N) is 1. The van der Waals surface area contributed by atoms with Crippen LogP contribution >= 0.6 is 11.3 Å². The zero-order valence-corrected chi connectivity index (χ0v) is 11.9. The molecule has 1 aromatic heterocycles. The average molecular weight is 291 g/mol. The molecule has 1 aromatic carbocycles. The highest BCUT2D eigenvalue weighted by Crippen LogP contribution is 2.44. The molecule has 3 N–H and O–H groups in total. The summed E-state index contributed by atoms with van der Waals surface area (Å²) in [4.78, 5) is 11.8. The van der Waals surface area contributed by atoms with Crippen molar-refractivity contribution >= 4 is 27.4 Å². The molecular weight excluding hydrogens is 274 g/mol. The molecule has 0 aliphatic heterocycles. The van der Waals surface area contributed by atoms with Crippen LogP contribution in [0.3, 0.4) is 0 Å². The van der Waals surface area contributed by atoms with Crippen molar-refractivity contribution in [1.82, 2.24) is 5.32 Å². The summed E-state index contributed by atoms with van der Waals surface area (Å²) in [6, 6.07) is 7.77. The molecule has 2 aromatic rings. The second-order valence-electron chi connectivity index (χ2n) is 5.47. The number of rotatable bonds is 6. The highest BCUT2D eigenvalue weighted by molar-refractivity contribution is 7.21. The number of thiophene rings is 1. The number of carboxylic acids is 1. The summed E-state index contributed by atoms with van der Waals surface area (Å²) in [5.74, 6) is -0.869. The van der Waals surface area contributed by atoms with Crippen LogP contribution in [0, 0.1) is 5.41 Å². The number of benzene rings is 1. The summed E-state index contributed by atoms with van der Waals surface area (Å²) >= 11 is 1.32. The fourth-order valence-electron chi connectivity index (χ4n) is 2.47. The third-order valence-corrected chi connectivity index (χ3v) is 5.19. The lowest BCUT2D eigenvalue weighted by atomic mass is 10.1. The van der Waals surface area contributed by atoms with Crippen molar-refractivity contribution in [2.45, 2.75) is 19.4 Å². The van der Waals surface area contributed by atoms with E-state index >= 15 is 0 Å². The number of hydrogen-bond acceptors (Lipinski definition) is 4. The Hall–Kier alpha value is -1.43. The van der Waals surface area contributed by atoms with Gasteiger partial charge in [-0.15, -0.1) is 11.3 Å². The third-order valence-electron chi connectivity index (χ3n) is 3.99. The normalized spacial score (nSPS) is 16.4. The minimum atomic E-state index is -0.869. The van der Waals surface area contributed by atoms with Crippen LogP contribution in [-0.4, -0.2) is 29.3 Å². The van der Waals surface area contributed by atoms with Crippen LogP contribution in [0.4, 0.5) is 0 Å². The second kappa shape index (κ2) is 5.16. The number of aliphatic hydroxyl groups is 1. The molecule has 1 heterocycles. The molecule has 0 radical (unpaired) electrons. The van der Waals surface area contributed by atoms with Crippen molar-refractivity contribution in [3.05, 3.63) is 34.7 Å². The van der Waals surface area contributed by atoms with Crippen LogP contribution in [0.1, 0.15) is 28.1 Å². The number of aromatic carboxylic acids is 1. The Balaban J connectivity index is 1.82. The van der Waals surface area contributed by atoms with Crippen molar-refractivity contribution < 1.29 is 15.0 Å². The lowest BCUT2D eigenvalue weighted by molar-refractivity contribution is 0.0701. The van der Waals surface area contributed by atoms with E-state index in [1.54, 1.807) is 0 Å². The van der Waals surface area contributed by atoms with Crippen molar-refractivity contribution in [3.8, 4) is 0 Å². The molecule has 106 valence electrons. The highest BCUT2D eigenvalue weighted by Gasteiger charge is 2.41. The van der Waals surface area contributed by atoms with Crippen molar-refractivity contribution in [2.24, 2.45) is 5.41 Å². The van der Waals surface area contributed by atoms with Gasteiger partial charge in [0.15, 0.2) is 0 Å². The molecule has 3 rings (SSSR count). The molecule has 1 saturated carbocycles. The summed E-state index contributed by atoms with van der Waals surface area (Å²) < 4.78 is 1.00. The van der Waals surface area contributed by atoms with E-state index < -0.39 is 5.97 Å². The van der Waals surface area contributed by atoms with E-state index in [2.05, 4.69) is 5.32 Å². The van der Waals surface area contributed by atoms with E-state index in [0.29, 0.717) is 11.4 Å². The van der Waals surface area contributed by atoms with Gasteiger partial charge in [0.2, 0.25) is 0 Å². The summed E-state index contributed by atoms with van der Waals surface area (Å²) in [5, 5.41) is 22.9. The van der Waals surface area contributed by atoms with Gasteiger partial charge in [0.25, 0.3) is 0 Å². The molecule has 20 heavy (non-hydrogen) atoms. The summed E-state index contributed by atoms with van der Waals surface area (Å²) in [6.45, 7) is 1.48. The molecule has 0 saturated heterocycles. The lowest BCUT2D eigenvalue weighted by Crippen LogP contribution is -2.26. The minimum Gasteiger partial charge on any atom is -0.477 e. The van der Waals surface area contributed by atoms with Crippen LogP contribution in [0.2, 0.25) is 0 Å². The number of carbonyl (C=O) groups is 1. The molecule has 5 heteroatoms. The van der Waals surface area contributed by atoms with Gasteiger partial charge in [0.1, 0.15) is 4.88 Å². The summed E-state index contributed by atoms with van der Waals surface area (Å²) in [6.07, 6.45) is 2.10. The molecule has 1 fully saturated rings. The van der Waals surface area contributed by atoms with Crippen LogP contribution < -0.4 is 5.32 Å². The predicted octanol–water partition coefficient (Wildman–Crippen LogP) is 2.46. The zero-order valence-electron chi connectivity index (χ0n) is 11.1. The molecule has 0 unspecified atom stereocenters. The predicted molar refractivity (Wildman–Crippen MR) is 79.2 cm³/mol. The van der Waals surface area contributed by atoms with E-state index in [4.69, 9.17) is 0 Å². The monoisotopic (exact) mass is 291 g/mol. The molecule has 0 spiro atoms. The first kappa shape index (κ1) is 13.5. The quantitative estimate of drug-likeness (QED) is 0.764. The van der Waals surface area contributed by atoms with Crippen LogP contribution in [0.25, 0.3) is 10.1 Å². The van der Waals surface area contributed by atoms with Crippen molar-refractivity contribution in [3.63, 3.8) is 0 Å². The minimum absolute atomic E-state index is 0.0369. The van der Waals surface area contributed by atoms with E-state index in [-0.39, 0.29) is 12.0 Å². The maximum absolute atomic E-state index is 11.4. The standard InChI is InChI=1S/C15H17NO3S/c17-9-15(5-6-15)8-16-7-11-10-3-1-2-4-12(10)20-13(11)14(18)19/h1-4,16-17H,5-9H2,(H,18,19). The Morgan fingerprint density at radius 3 is 2.75 bits per heavy atom. The first-order chi connectivity index (χ1) is 9.65. The molecule has 1 aliphatic carbocycles. The largest absolute Gasteiger partial charge is 0.477 e. The van der Waals surface area contributed by atoms with E-state index in [0.717, 1.165) is 35.0 Å². The molecule has 4 nitrogen and oxygen atoms in total. The molecule has 0 amide bonds. The van der Waals surface area contributed by atoms with Crippen LogP contribution in [-0.2, 0) is 6.54 Å². The van der Waals surface area contributed by atoms with Crippen molar-refractivity contribution in [2.75, 3.05) is 13.2 Å². The van der Waals surface area contributed by atoms with Gasteiger partial charge in [-0.3, -0.25) is 0 Å². The Morgan fingerprint density at radius 2 is 2.10 bits per heavy atom. The Kier molecular flexibility index (Phi) is 3.50. The van der Waals surface area contributed by atoms with Gasteiger partial charge in [-0.25, -0.2) is 4.79 Å². The smallest absolute Gasteiger partial charge is 0.346 e. The lowest BCUT2D eigenvalue weighted by Gasteiger charge is -2.12. The van der Waals surface area contributed by atoms with Gasteiger partial charge in [0.05, 0.1) is 0 Å². The van der Waals surface area contributed by atoms with Gasteiger partial charge in [-0.05, 0) is 29.9 Å².